The number of hydrogen-bond acceptors (Lipinski definition) is 6. The molecule has 6 nitrogen and oxygen atoms in total. The number of fused-ring (bicyclic) bond motifs is 5. The first-order chi connectivity index (χ1) is 14.8. The summed E-state index contributed by atoms with van der Waals surface area (Å²) in [5, 5.41) is 21.1. The SMILES string of the molecule is CC(=O)O[C@]1(C(=O)CO)C(C)C[C@H]2[C@@H]3CC(F)C4=C(F)C(=O)C=C[C@]4(C)[C@H]3C(O)C[C@@]21C. The van der Waals surface area contributed by atoms with Gasteiger partial charge in [0.1, 0.15) is 12.8 Å². The van der Waals surface area contributed by atoms with Gasteiger partial charge in [-0.25, -0.2) is 8.78 Å². The van der Waals surface area contributed by atoms with E-state index in [0.717, 1.165) is 6.08 Å². The molecular formula is C24H30F2O6. The molecule has 9 atom stereocenters. The maximum atomic E-state index is 15.4. The standard InChI is InChI=1S/C24H30F2O6/c1-11-7-14-13-8-15(25)20-21(26)16(29)5-6-22(20,3)19(13)17(30)9-23(14,4)24(11,18(31)10-27)32-12(2)28/h5-6,11,13-15,17,19,27,30H,7-10H2,1-4H3/t11?,13-,14-,15?,17?,19+,22+,23-,24-/m0/s1. The monoisotopic (exact) mass is 452 g/mol. The van der Waals surface area contributed by atoms with Crippen molar-refractivity contribution in [3.63, 3.8) is 0 Å². The van der Waals surface area contributed by atoms with Gasteiger partial charge in [0.2, 0.25) is 11.6 Å². The minimum Gasteiger partial charge on any atom is -0.450 e. The highest BCUT2D eigenvalue weighted by molar-refractivity contribution is 6.04. The van der Waals surface area contributed by atoms with Crippen LogP contribution in [0.1, 0.15) is 47.0 Å². The van der Waals surface area contributed by atoms with E-state index in [9.17, 15) is 29.0 Å². The Bertz CT molecular complexity index is 943. The van der Waals surface area contributed by atoms with Gasteiger partial charge in [0.15, 0.2) is 11.4 Å². The third-order valence-corrected chi connectivity index (χ3v) is 8.96. The fraction of sp³-hybridized carbons (Fsp3) is 0.708. The van der Waals surface area contributed by atoms with Crippen molar-refractivity contribution in [3.8, 4) is 0 Å². The summed E-state index contributed by atoms with van der Waals surface area (Å²) in [7, 11) is 0. The van der Waals surface area contributed by atoms with Crippen molar-refractivity contribution in [3.05, 3.63) is 23.6 Å². The largest absolute Gasteiger partial charge is 0.450 e. The molecule has 0 radical (unpaired) electrons. The second-order valence-electron chi connectivity index (χ2n) is 10.4. The number of hydrogen-bond donors (Lipinski definition) is 2. The molecule has 32 heavy (non-hydrogen) atoms. The zero-order chi connectivity index (χ0) is 23.8. The lowest BCUT2D eigenvalue weighted by Gasteiger charge is -2.60. The highest BCUT2D eigenvalue weighted by Gasteiger charge is 2.73. The van der Waals surface area contributed by atoms with Crippen molar-refractivity contribution >= 4 is 17.5 Å². The molecule has 0 saturated heterocycles. The minimum atomic E-state index is -1.71. The van der Waals surface area contributed by atoms with Crippen LogP contribution in [0.2, 0.25) is 0 Å². The summed E-state index contributed by atoms with van der Waals surface area (Å²) in [5.74, 6) is -5.05. The van der Waals surface area contributed by atoms with Crippen molar-refractivity contribution in [1.29, 1.82) is 0 Å². The van der Waals surface area contributed by atoms with Crippen LogP contribution in [-0.2, 0) is 19.1 Å². The zero-order valence-electron chi connectivity index (χ0n) is 18.7. The van der Waals surface area contributed by atoms with Crippen molar-refractivity contribution in [2.75, 3.05) is 6.61 Å². The molecule has 3 saturated carbocycles. The van der Waals surface area contributed by atoms with E-state index in [4.69, 9.17) is 4.74 Å². The summed E-state index contributed by atoms with van der Waals surface area (Å²) >= 11 is 0. The summed E-state index contributed by atoms with van der Waals surface area (Å²) in [6, 6.07) is 0. The Morgan fingerprint density at radius 1 is 1.28 bits per heavy atom. The molecule has 0 spiro atoms. The van der Waals surface area contributed by atoms with Crippen LogP contribution < -0.4 is 0 Å². The second-order valence-corrected chi connectivity index (χ2v) is 10.4. The van der Waals surface area contributed by atoms with Crippen LogP contribution in [0.15, 0.2) is 23.6 Å². The number of Topliss-reactive ketones (excluding diaryl/α,β-unsaturated/α-hetero) is 1. The molecule has 0 aromatic rings. The highest BCUT2D eigenvalue weighted by Crippen LogP contribution is 2.69. The van der Waals surface area contributed by atoms with E-state index in [-0.39, 0.29) is 24.3 Å². The van der Waals surface area contributed by atoms with E-state index in [0.29, 0.717) is 6.42 Å². The average Bonchev–Trinajstić information content (AvgIpc) is 2.91. The number of halogens is 2. The molecule has 8 heteroatoms. The normalized spacial score (nSPS) is 47.6. The molecule has 0 aromatic heterocycles. The van der Waals surface area contributed by atoms with E-state index < -0.39 is 76.4 Å². The molecule has 4 aliphatic carbocycles. The molecule has 3 unspecified atom stereocenters. The molecule has 0 aromatic carbocycles. The van der Waals surface area contributed by atoms with Crippen LogP contribution in [-0.4, -0.2) is 52.2 Å². The highest BCUT2D eigenvalue weighted by atomic mass is 19.1. The smallest absolute Gasteiger partial charge is 0.303 e. The van der Waals surface area contributed by atoms with Crippen LogP contribution in [0.25, 0.3) is 0 Å². The number of alkyl halides is 1. The van der Waals surface area contributed by atoms with Gasteiger partial charge >= 0.3 is 5.97 Å². The summed E-state index contributed by atoms with van der Waals surface area (Å²) in [6.07, 6.45) is 0.215. The van der Waals surface area contributed by atoms with Gasteiger partial charge < -0.3 is 14.9 Å². The number of carbonyl (C=O) groups is 3. The minimum absolute atomic E-state index is 0.0609. The quantitative estimate of drug-likeness (QED) is 0.639. The van der Waals surface area contributed by atoms with Crippen LogP contribution in [0.5, 0.6) is 0 Å². The second kappa shape index (κ2) is 7.29. The first kappa shape index (κ1) is 23.2. The van der Waals surface area contributed by atoms with Gasteiger partial charge in [-0.1, -0.05) is 26.8 Å². The topological polar surface area (TPSA) is 101 Å². The van der Waals surface area contributed by atoms with Crippen molar-refractivity contribution in [2.45, 2.75) is 64.8 Å². The maximum Gasteiger partial charge on any atom is 0.303 e. The number of carbonyl (C=O) groups excluding carboxylic acids is 3. The van der Waals surface area contributed by atoms with E-state index in [2.05, 4.69) is 0 Å². The van der Waals surface area contributed by atoms with Crippen LogP contribution in [0.3, 0.4) is 0 Å². The third kappa shape index (κ3) is 2.71. The Kier molecular flexibility index (Phi) is 5.29. The molecule has 4 rings (SSSR count). The van der Waals surface area contributed by atoms with Gasteiger partial charge in [-0.15, -0.1) is 0 Å². The molecule has 0 heterocycles. The molecule has 176 valence electrons. The number of rotatable bonds is 3. The van der Waals surface area contributed by atoms with Crippen molar-refractivity contribution in [1.82, 2.24) is 0 Å². The van der Waals surface area contributed by atoms with Gasteiger partial charge in [-0.05, 0) is 37.2 Å². The number of aliphatic hydroxyl groups excluding tert-OH is 2. The molecule has 4 aliphatic rings. The zero-order valence-corrected chi connectivity index (χ0v) is 18.7. The number of aliphatic hydroxyl groups is 2. The number of ether oxygens (including phenoxy) is 1. The molecule has 0 bridgehead atoms. The Morgan fingerprint density at radius 3 is 2.53 bits per heavy atom. The lowest BCUT2D eigenvalue weighted by Crippen LogP contribution is -2.64. The first-order valence-electron chi connectivity index (χ1n) is 11.1. The van der Waals surface area contributed by atoms with E-state index in [1.54, 1.807) is 20.8 Å². The number of allylic oxidation sites excluding steroid dienone is 4. The van der Waals surface area contributed by atoms with Crippen molar-refractivity contribution in [2.24, 2.45) is 34.5 Å². The van der Waals surface area contributed by atoms with E-state index in [1.807, 2.05) is 0 Å². The Labute approximate surface area is 185 Å². The van der Waals surface area contributed by atoms with Gasteiger partial charge in [0, 0.05) is 35.2 Å². The fourth-order valence-electron chi connectivity index (χ4n) is 7.96. The third-order valence-electron chi connectivity index (χ3n) is 8.96. The maximum absolute atomic E-state index is 15.4. The Morgan fingerprint density at radius 2 is 1.94 bits per heavy atom. The summed E-state index contributed by atoms with van der Waals surface area (Å²) in [4.78, 5) is 37.0. The number of esters is 1. The van der Waals surface area contributed by atoms with Gasteiger partial charge in [0.05, 0.1) is 6.10 Å². The fourth-order valence-corrected chi connectivity index (χ4v) is 7.96. The molecule has 0 aliphatic heterocycles. The summed E-state index contributed by atoms with van der Waals surface area (Å²) in [6.45, 7) is 5.55. The summed E-state index contributed by atoms with van der Waals surface area (Å²) < 4.78 is 35.9. The van der Waals surface area contributed by atoms with Gasteiger partial charge in [-0.2, -0.15) is 0 Å². The molecule has 0 amide bonds. The Hall–Kier alpha value is -1.93. The molecule has 2 N–H and O–H groups in total. The number of ketones is 2. The lowest BCUT2D eigenvalue weighted by molar-refractivity contribution is -0.205. The molecule has 3 fully saturated rings. The van der Waals surface area contributed by atoms with Crippen LogP contribution in [0.4, 0.5) is 8.78 Å². The van der Waals surface area contributed by atoms with Crippen LogP contribution >= 0.6 is 0 Å². The van der Waals surface area contributed by atoms with Gasteiger partial charge in [0.25, 0.3) is 0 Å². The van der Waals surface area contributed by atoms with Crippen molar-refractivity contribution < 1.29 is 38.1 Å². The Balaban J connectivity index is 1.86. The predicted molar refractivity (Wildman–Crippen MR) is 109 cm³/mol. The van der Waals surface area contributed by atoms with Crippen LogP contribution in [0, 0.1) is 34.5 Å². The van der Waals surface area contributed by atoms with E-state index in [1.165, 1.54) is 13.0 Å². The first-order valence-corrected chi connectivity index (χ1v) is 11.1. The lowest BCUT2D eigenvalue weighted by atomic mass is 9.45. The predicted octanol–water partition coefficient (Wildman–Crippen LogP) is 2.62. The van der Waals surface area contributed by atoms with Gasteiger partial charge in [-0.3, -0.25) is 14.4 Å². The van der Waals surface area contributed by atoms with E-state index >= 15 is 4.39 Å². The molecular weight excluding hydrogens is 422 g/mol. The summed E-state index contributed by atoms with van der Waals surface area (Å²) in [5.41, 5.74) is -4.07. The average molecular weight is 452 g/mol.